The highest BCUT2D eigenvalue weighted by atomic mass is 16.4. The largest absolute Gasteiger partial charge is 0.478 e. The molecule has 0 bridgehead atoms. The molecular weight excluding hydrogens is 214 g/mol. The molecule has 0 aromatic rings. The molecular formula is C14H23NO2. The Balaban J connectivity index is 2.19. The van der Waals surface area contributed by atoms with E-state index in [4.69, 9.17) is 0 Å². The van der Waals surface area contributed by atoms with Crippen LogP contribution in [0.5, 0.6) is 0 Å². The number of nitrogens with zero attached hydrogens (tertiary/aromatic N) is 1. The number of carboxylic acids is 1. The van der Waals surface area contributed by atoms with Crippen molar-refractivity contribution in [2.24, 2.45) is 5.92 Å². The van der Waals surface area contributed by atoms with Crippen molar-refractivity contribution in [1.29, 1.82) is 0 Å². The van der Waals surface area contributed by atoms with E-state index in [0.717, 1.165) is 13.0 Å². The fourth-order valence-corrected chi connectivity index (χ4v) is 3.20. The van der Waals surface area contributed by atoms with E-state index in [1.165, 1.54) is 44.1 Å². The maximum atomic E-state index is 11.4. The highest BCUT2D eigenvalue weighted by molar-refractivity contribution is 5.88. The summed E-state index contributed by atoms with van der Waals surface area (Å²) in [5, 5.41) is 9.34. The van der Waals surface area contributed by atoms with Crippen LogP contribution >= 0.6 is 0 Å². The summed E-state index contributed by atoms with van der Waals surface area (Å²) in [5.74, 6) is -0.145. The third-order valence-electron chi connectivity index (χ3n) is 4.18. The second kappa shape index (κ2) is 5.67. The minimum atomic E-state index is -0.698. The minimum Gasteiger partial charge on any atom is -0.478 e. The lowest BCUT2D eigenvalue weighted by Crippen LogP contribution is -2.32. The lowest BCUT2D eigenvalue weighted by Gasteiger charge is -2.30. The van der Waals surface area contributed by atoms with Crippen LogP contribution in [0.15, 0.2) is 11.1 Å². The zero-order valence-electron chi connectivity index (χ0n) is 10.7. The Kier molecular flexibility index (Phi) is 4.21. The smallest absolute Gasteiger partial charge is 0.332 e. The average molecular weight is 237 g/mol. The minimum absolute atomic E-state index is 0.553. The summed E-state index contributed by atoms with van der Waals surface area (Å²) in [6, 6.07) is 0. The first-order chi connectivity index (χ1) is 8.18. The molecule has 0 radical (unpaired) electrons. The topological polar surface area (TPSA) is 40.5 Å². The number of hydrogen-bond donors (Lipinski definition) is 1. The van der Waals surface area contributed by atoms with Gasteiger partial charge in [0.25, 0.3) is 0 Å². The van der Waals surface area contributed by atoms with Crippen molar-refractivity contribution >= 4 is 5.97 Å². The van der Waals surface area contributed by atoms with Crippen LogP contribution in [0.1, 0.15) is 44.9 Å². The lowest BCUT2D eigenvalue weighted by atomic mass is 9.84. The Morgan fingerprint density at radius 1 is 1.24 bits per heavy atom. The molecule has 0 amide bonds. The van der Waals surface area contributed by atoms with Gasteiger partial charge in [-0.15, -0.1) is 0 Å². The number of likely N-dealkylation sites (N-methyl/N-ethyl adjacent to an activating group) is 1. The Morgan fingerprint density at radius 3 is 2.47 bits per heavy atom. The second-order valence-electron chi connectivity index (χ2n) is 5.49. The van der Waals surface area contributed by atoms with E-state index in [1.807, 2.05) is 7.05 Å². The number of carbonyl (C=O) groups is 1. The van der Waals surface area contributed by atoms with Crippen LogP contribution in [0.3, 0.4) is 0 Å². The monoisotopic (exact) mass is 237 g/mol. The Morgan fingerprint density at radius 2 is 1.88 bits per heavy atom. The van der Waals surface area contributed by atoms with E-state index in [9.17, 15) is 9.90 Å². The van der Waals surface area contributed by atoms with Crippen LogP contribution in [0.4, 0.5) is 0 Å². The summed E-state index contributed by atoms with van der Waals surface area (Å²) in [4.78, 5) is 13.5. The van der Waals surface area contributed by atoms with Crippen molar-refractivity contribution in [2.45, 2.75) is 44.9 Å². The van der Waals surface area contributed by atoms with Gasteiger partial charge >= 0.3 is 5.97 Å². The van der Waals surface area contributed by atoms with E-state index >= 15 is 0 Å². The molecule has 1 N–H and O–H groups in total. The molecule has 0 spiro atoms. The van der Waals surface area contributed by atoms with Crippen LogP contribution < -0.4 is 0 Å². The molecule has 1 aliphatic heterocycles. The Bertz CT molecular complexity index is 314. The van der Waals surface area contributed by atoms with Gasteiger partial charge in [-0.1, -0.05) is 31.3 Å². The summed E-state index contributed by atoms with van der Waals surface area (Å²) in [6.07, 6.45) is 8.57. The maximum absolute atomic E-state index is 11.4. The number of rotatable bonds is 2. The first-order valence-electron chi connectivity index (χ1n) is 6.82. The fourth-order valence-electron chi connectivity index (χ4n) is 3.20. The maximum Gasteiger partial charge on any atom is 0.332 e. The second-order valence-corrected chi connectivity index (χ2v) is 5.49. The molecule has 3 heteroatoms. The summed E-state index contributed by atoms with van der Waals surface area (Å²) in [5.41, 5.74) is 1.95. The molecule has 96 valence electrons. The Labute approximate surface area is 103 Å². The van der Waals surface area contributed by atoms with Crippen molar-refractivity contribution in [3.63, 3.8) is 0 Å². The van der Waals surface area contributed by atoms with Crippen molar-refractivity contribution in [3.8, 4) is 0 Å². The van der Waals surface area contributed by atoms with Gasteiger partial charge in [-0.3, -0.25) is 0 Å². The normalized spacial score (nSPS) is 24.8. The van der Waals surface area contributed by atoms with Gasteiger partial charge in [0.15, 0.2) is 0 Å². The van der Waals surface area contributed by atoms with Gasteiger partial charge in [0.1, 0.15) is 0 Å². The van der Waals surface area contributed by atoms with Crippen LogP contribution in [0.25, 0.3) is 0 Å². The van der Waals surface area contributed by atoms with Gasteiger partial charge in [0.2, 0.25) is 0 Å². The van der Waals surface area contributed by atoms with Gasteiger partial charge < -0.3 is 10.0 Å². The van der Waals surface area contributed by atoms with E-state index in [-0.39, 0.29) is 0 Å². The summed E-state index contributed by atoms with van der Waals surface area (Å²) >= 11 is 0. The molecule has 0 unspecified atom stereocenters. The van der Waals surface area contributed by atoms with Crippen LogP contribution in [0, 0.1) is 5.92 Å². The molecule has 1 fully saturated rings. The molecule has 2 rings (SSSR count). The molecule has 1 heterocycles. The number of hydrogen-bond acceptors (Lipinski definition) is 2. The standard InChI is InChI=1S/C14H23NO2/c1-15-9-8-12(13(10-15)14(16)17)11-6-4-2-3-5-7-11/h11H,2-10H2,1H3,(H,16,17). The van der Waals surface area contributed by atoms with Gasteiger partial charge in [-0.05, 0) is 32.2 Å². The zero-order valence-corrected chi connectivity index (χ0v) is 10.7. The highest BCUT2D eigenvalue weighted by Gasteiger charge is 2.27. The number of carboxylic acid groups (broad SMARTS) is 1. The van der Waals surface area contributed by atoms with E-state index in [2.05, 4.69) is 4.90 Å². The summed E-state index contributed by atoms with van der Waals surface area (Å²) in [7, 11) is 2.01. The van der Waals surface area contributed by atoms with Gasteiger partial charge in [0.05, 0.1) is 5.57 Å². The van der Waals surface area contributed by atoms with Crippen molar-refractivity contribution in [3.05, 3.63) is 11.1 Å². The van der Waals surface area contributed by atoms with E-state index in [1.54, 1.807) is 0 Å². The predicted octanol–water partition coefficient (Wildman–Crippen LogP) is 2.67. The molecule has 1 saturated carbocycles. The molecule has 0 aromatic heterocycles. The fraction of sp³-hybridized carbons (Fsp3) is 0.786. The van der Waals surface area contributed by atoms with Gasteiger partial charge in [-0.2, -0.15) is 0 Å². The van der Waals surface area contributed by atoms with Crippen LogP contribution in [-0.2, 0) is 4.79 Å². The molecule has 2 aliphatic rings. The summed E-state index contributed by atoms with van der Waals surface area (Å²) < 4.78 is 0. The highest BCUT2D eigenvalue weighted by Crippen LogP contribution is 2.34. The lowest BCUT2D eigenvalue weighted by molar-refractivity contribution is -0.133. The average Bonchev–Trinajstić information content (AvgIpc) is 2.57. The molecule has 3 nitrogen and oxygen atoms in total. The van der Waals surface area contributed by atoms with Crippen LogP contribution in [-0.4, -0.2) is 36.1 Å². The molecule has 0 aromatic carbocycles. The van der Waals surface area contributed by atoms with E-state index in [0.29, 0.717) is 18.0 Å². The van der Waals surface area contributed by atoms with Crippen molar-refractivity contribution in [1.82, 2.24) is 4.90 Å². The third-order valence-corrected chi connectivity index (χ3v) is 4.18. The van der Waals surface area contributed by atoms with Crippen molar-refractivity contribution in [2.75, 3.05) is 20.1 Å². The third kappa shape index (κ3) is 3.09. The first-order valence-corrected chi connectivity index (χ1v) is 6.82. The molecule has 0 atom stereocenters. The molecule has 0 saturated heterocycles. The number of aliphatic carboxylic acids is 1. The first kappa shape index (κ1) is 12.6. The van der Waals surface area contributed by atoms with E-state index < -0.39 is 5.97 Å². The van der Waals surface area contributed by atoms with Crippen LogP contribution in [0.2, 0.25) is 0 Å². The summed E-state index contributed by atoms with van der Waals surface area (Å²) in [6.45, 7) is 1.64. The quantitative estimate of drug-likeness (QED) is 0.751. The van der Waals surface area contributed by atoms with Crippen molar-refractivity contribution < 1.29 is 9.90 Å². The zero-order chi connectivity index (χ0) is 12.3. The molecule has 1 aliphatic carbocycles. The van der Waals surface area contributed by atoms with Gasteiger partial charge in [0, 0.05) is 13.1 Å². The van der Waals surface area contributed by atoms with Gasteiger partial charge in [-0.25, -0.2) is 4.79 Å². The Hall–Kier alpha value is -0.830. The SMILES string of the molecule is CN1CCC(C2CCCCCC2)=C(C(=O)O)C1. The predicted molar refractivity (Wildman–Crippen MR) is 68.0 cm³/mol. The molecule has 17 heavy (non-hydrogen) atoms.